The number of ether oxygens (including phenoxy) is 1. The van der Waals surface area contributed by atoms with Gasteiger partial charge in [0.1, 0.15) is 11.6 Å². The lowest BCUT2D eigenvalue weighted by Gasteiger charge is -2.18. The number of amides is 1. The zero-order valence-corrected chi connectivity index (χ0v) is 13.0. The second-order valence-electron chi connectivity index (χ2n) is 4.68. The molecule has 0 atom stereocenters. The van der Waals surface area contributed by atoms with Crippen molar-refractivity contribution in [1.29, 1.82) is 5.26 Å². The maximum atomic E-state index is 12.1. The molecule has 0 aromatic heterocycles. The fraction of sp³-hybridized carbons (Fsp3) is 0.500. The van der Waals surface area contributed by atoms with E-state index < -0.39 is 0 Å². The average molecular weight is 291 g/mol. The summed E-state index contributed by atoms with van der Waals surface area (Å²) in [6.45, 7) is 13.2. The van der Waals surface area contributed by atoms with Crippen molar-refractivity contribution in [2.24, 2.45) is 0 Å². The average Bonchev–Trinajstić information content (AvgIpc) is 2.45. The third-order valence-corrected chi connectivity index (χ3v) is 2.50. The molecule has 0 fully saturated rings. The summed E-state index contributed by atoms with van der Waals surface area (Å²) in [7, 11) is 0. The van der Waals surface area contributed by atoms with E-state index in [1.807, 2.05) is 19.9 Å². The van der Waals surface area contributed by atoms with Crippen LogP contribution in [0.25, 0.3) is 0 Å². The molecule has 5 heteroatoms. The molecule has 1 N–H and O–H groups in total. The molecule has 5 nitrogen and oxygen atoms in total. The Kier molecular flexibility index (Phi) is 10.6. The van der Waals surface area contributed by atoms with Crippen molar-refractivity contribution >= 4 is 5.91 Å². The molecule has 0 spiro atoms. The van der Waals surface area contributed by atoms with Gasteiger partial charge in [0.05, 0.1) is 6.10 Å². The van der Waals surface area contributed by atoms with Crippen LogP contribution >= 0.6 is 0 Å². The van der Waals surface area contributed by atoms with Crippen LogP contribution in [0.15, 0.2) is 37.1 Å². The van der Waals surface area contributed by atoms with Crippen LogP contribution < -0.4 is 5.32 Å². The highest BCUT2D eigenvalue weighted by Crippen LogP contribution is 2.01. The molecule has 0 aliphatic carbocycles. The summed E-state index contributed by atoms with van der Waals surface area (Å²) < 4.78 is 5.40. The summed E-state index contributed by atoms with van der Waals surface area (Å²) in [5.74, 6) is -0.330. The van der Waals surface area contributed by atoms with Gasteiger partial charge >= 0.3 is 0 Å². The van der Waals surface area contributed by atoms with Crippen molar-refractivity contribution in [3.05, 3.63) is 37.1 Å². The van der Waals surface area contributed by atoms with E-state index in [4.69, 9.17) is 10.00 Å². The SMILES string of the molecule is C=CCN(CC=C)C(=O)/C(C#N)=C\NCCCOC(C)C. The number of hydrogen-bond acceptors (Lipinski definition) is 4. The van der Waals surface area contributed by atoms with E-state index in [1.54, 1.807) is 12.2 Å². The molecule has 0 bridgehead atoms. The van der Waals surface area contributed by atoms with Crippen LogP contribution in [0.4, 0.5) is 0 Å². The molecule has 0 unspecified atom stereocenters. The molecular weight excluding hydrogens is 266 g/mol. The summed E-state index contributed by atoms with van der Waals surface area (Å²) in [6.07, 6.45) is 5.71. The highest BCUT2D eigenvalue weighted by molar-refractivity contribution is 5.97. The van der Waals surface area contributed by atoms with E-state index in [0.29, 0.717) is 26.2 Å². The Hall–Kier alpha value is -2.06. The van der Waals surface area contributed by atoms with Gasteiger partial charge < -0.3 is 15.0 Å². The lowest BCUT2D eigenvalue weighted by Crippen LogP contribution is -2.32. The van der Waals surface area contributed by atoms with Gasteiger partial charge in [-0.25, -0.2) is 0 Å². The van der Waals surface area contributed by atoms with Gasteiger partial charge in [-0.05, 0) is 20.3 Å². The molecule has 0 saturated carbocycles. The van der Waals surface area contributed by atoms with Crippen LogP contribution in [-0.2, 0) is 9.53 Å². The van der Waals surface area contributed by atoms with Gasteiger partial charge in [-0.1, -0.05) is 12.2 Å². The normalized spacial score (nSPS) is 10.9. The van der Waals surface area contributed by atoms with Crippen molar-refractivity contribution in [2.45, 2.75) is 26.4 Å². The van der Waals surface area contributed by atoms with E-state index in [9.17, 15) is 4.79 Å². The van der Waals surface area contributed by atoms with Crippen LogP contribution in [0.5, 0.6) is 0 Å². The maximum Gasteiger partial charge on any atom is 0.266 e. The summed E-state index contributed by atoms with van der Waals surface area (Å²) in [6, 6.07) is 1.92. The number of carbonyl (C=O) groups is 1. The van der Waals surface area contributed by atoms with Gasteiger partial charge in [0.2, 0.25) is 0 Å². The fourth-order valence-electron chi connectivity index (χ4n) is 1.53. The Labute approximate surface area is 127 Å². The third kappa shape index (κ3) is 8.66. The number of carbonyl (C=O) groups excluding carboxylic acids is 1. The minimum Gasteiger partial charge on any atom is -0.390 e. The summed E-state index contributed by atoms with van der Waals surface area (Å²) in [5, 5.41) is 12.0. The molecule has 0 aromatic rings. The van der Waals surface area contributed by atoms with Crippen molar-refractivity contribution in [2.75, 3.05) is 26.2 Å². The molecule has 0 aliphatic rings. The smallest absolute Gasteiger partial charge is 0.266 e. The quantitative estimate of drug-likeness (QED) is 0.274. The van der Waals surface area contributed by atoms with Crippen LogP contribution in [0.2, 0.25) is 0 Å². The zero-order chi connectivity index (χ0) is 16.1. The Morgan fingerprint density at radius 3 is 2.48 bits per heavy atom. The summed E-state index contributed by atoms with van der Waals surface area (Å²) in [4.78, 5) is 13.6. The molecule has 0 radical (unpaired) electrons. The first kappa shape index (κ1) is 18.9. The van der Waals surface area contributed by atoms with Gasteiger partial charge in [0.15, 0.2) is 0 Å². The molecule has 0 aliphatic heterocycles. The second kappa shape index (κ2) is 11.7. The van der Waals surface area contributed by atoms with Crippen molar-refractivity contribution in [3.63, 3.8) is 0 Å². The molecule has 1 amide bonds. The topological polar surface area (TPSA) is 65.4 Å². The number of rotatable bonds is 11. The first-order valence-corrected chi connectivity index (χ1v) is 7.03. The van der Waals surface area contributed by atoms with Crippen LogP contribution in [-0.4, -0.2) is 43.2 Å². The number of nitrogens with one attached hydrogen (secondary N) is 1. The lowest BCUT2D eigenvalue weighted by molar-refractivity contribution is -0.125. The summed E-state index contributed by atoms with van der Waals surface area (Å²) >= 11 is 0. The molecule has 0 saturated heterocycles. The highest BCUT2D eigenvalue weighted by Gasteiger charge is 2.15. The Morgan fingerprint density at radius 2 is 2.00 bits per heavy atom. The van der Waals surface area contributed by atoms with E-state index in [0.717, 1.165) is 6.42 Å². The molecular formula is C16H25N3O2. The first-order valence-electron chi connectivity index (χ1n) is 7.03. The van der Waals surface area contributed by atoms with Crippen LogP contribution in [0.1, 0.15) is 20.3 Å². The number of nitriles is 1. The Balaban J connectivity index is 4.36. The summed E-state index contributed by atoms with van der Waals surface area (Å²) in [5.41, 5.74) is 0.0727. The van der Waals surface area contributed by atoms with E-state index in [2.05, 4.69) is 18.5 Å². The molecule has 21 heavy (non-hydrogen) atoms. The molecule has 116 valence electrons. The monoisotopic (exact) mass is 291 g/mol. The van der Waals surface area contributed by atoms with Gasteiger partial charge in [0, 0.05) is 32.4 Å². The van der Waals surface area contributed by atoms with Gasteiger partial charge in [0.25, 0.3) is 5.91 Å². The van der Waals surface area contributed by atoms with E-state index in [1.165, 1.54) is 11.1 Å². The lowest BCUT2D eigenvalue weighted by atomic mass is 10.2. The van der Waals surface area contributed by atoms with Crippen molar-refractivity contribution in [1.82, 2.24) is 10.2 Å². The zero-order valence-electron chi connectivity index (χ0n) is 13.0. The van der Waals surface area contributed by atoms with Gasteiger partial charge in [-0.15, -0.1) is 13.2 Å². The molecule has 0 rings (SSSR count). The predicted molar refractivity (Wildman–Crippen MR) is 84.4 cm³/mol. The molecule has 0 aromatic carbocycles. The van der Waals surface area contributed by atoms with Crippen LogP contribution in [0, 0.1) is 11.3 Å². The third-order valence-electron chi connectivity index (χ3n) is 2.50. The van der Waals surface area contributed by atoms with Crippen molar-refractivity contribution < 1.29 is 9.53 Å². The fourth-order valence-corrected chi connectivity index (χ4v) is 1.53. The van der Waals surface area contributed by atoms with Crippen molar-refractivity contribution in [3.8, 4) is 6.07 Å². The minimum atomic E-state index is -0.330. The van der Waals surface area contributed by atoms with E-state index >= 15 is 0 Å². The maximum absolute atomic E-state index is 12.1. The van der Waals surface area contributed by atoms with E-state index in [-0.39, 0.29) is 17.6 Å². The number of hydrogen-bond donors (Lipinski definition) is 1. The standard InChI is InChI=1S/C16H25N3O2/c1-5-9-19(10-6-2)16(20)15(12-17)13-18-8-7-11-21-14(3)4/h5-6,13-14,18H,1-2,7-11H2,3-4H3/b15-13-. The first-order chi connectivity index (χ1) is 10.1. The van der Waals surface area contributed by atoms with Gasteiger partial charge in [-0.2, -0.15) is 5.26 Å². The highest BCUT2D eigenvalue weighted by atomic mass is 16.5. The minimum absolute atomic E-state index is 0.0727. The Morgan fingerprint density at radius 1 is 1.38 bits per heavy atom. The molecule has 0 heterocycles. The number of nitrogens with zero attached hydrogens (tertiary/aromatic N) is 2. The Bertz CT molecular complexity index is 398. The second-order valence-corrected chi connectivity index (χ2v) is 4.68. The predicted octanol–water partition coefficient (Wildman–Crippen LogP) is 2.00. The van der Waals surface area contributed by atoms with Gasteiger partial charge in [-0.3, -0.25) is 4.79 Å². The van der Waals surface area contributed by atoms with Crippen LogP contribution in [0.3, 0.4) is 0 Å². The largest absolute Gasteiger partial charge is 0.390 e.